The first-order valence-electron chi connectivity index (χ1n) is 10.1. The Morgan fingerprint density at radius 2 is 1.97 bits per heavy atom. The predicted molar refractivity (Wildman–Crippen MR) is 110 cm³/mol. The van der Waals surface area contributed by atoms with E-state index in [9.17, 15) is 14.4 Å². The smallest absolute Gasteiger partial charge is 0.252 e. The number of hydrogen-bond acceptors (Lipinski definition) is 4. The molecule has 29 heavy (non-hydrogen) atoms. The largest absolute Gasteiger partial charge is 0.349 e. The van der Waals surface area contributed by atoms with Gasteiger partial charge in [0.05, 0.1) is 17.8 Å². The highest BCUT2D eigenvalue weighted by molar-refractivity contribution is 5.94. The van der Waals surface area contributed by atoms with Crippen LogP contribution < -0.4 is 16.2 Å². The van der Waals surface area contributed by atoms with Crippen LogP contribution in [0.1, 0.15) is 66.7 Å². The Hall–Kier alpha value is -2.90. The van der Waals surface area contributed by atoms with Gasteiger partial charge in [-0.2, -0.15) is 5.10 Å². The summed E-state index contributed by atoms with van der Waals surface area (Å²) in [5, 5.41) is 10.1. The zero-order valence-electron chi connectivity index (χ0n) is 17.3. The van der Waals surface area contributed by atoms with Crippen LogP contribution in [-0.4, -0.2) is 32.2 Å². The van der Waals surface area contributed by atoms with Crippen molar-refractivity contribution in [1.29, 1.82) is 0 Å². The molecule has 3 rings (SSSR count). The first-order chi connectivity index (χ1) is 13.8. The van der Waals surface area contributed by atoms with Gasteiger partial charge >= 0.3 is 0 Å². The third-order valence-corrected chi connectivity index (χ3v) is 5.62. The zero-order valence-corrected chi connectivity index (χ0v) is 17.3. The van der Waals surface area contributed by atoms with Gasteiger partial charge in [0.2, 0.25) is 5.91 Å². The van der Waals surface area contributed by atoms with Crippen molar-refractivity contribution in [3.05, 3.63) is 51.7 Å². The summed E-state index contributed by atoms with van der Waals surface area (Å²) < 4.78 is 3.02. The highest BCUT2D eigenvalue weighted by atomic mass is 16.2. The van der Waals surface area contributed by atoms with Crippen LogP contribution >= 0.6 is 0 Å². The summed E-state index contributed by atoms with van der Waals surface area (Å²) in [6.45, 7) is 3.66. The topological polar surface area (TPSA) is 98.0 Å². The predicted octanol–water partition coefficient (Wildman–Crippen LogP) is 1.83. The Bertz CT molecular complexity index is 940. The quantitative estimate of drug-likeness (QED) is 0.774. The van der Waals surface area contributed by atoms with Crippen LogP contribution in [0.25, 0.3) is 0 Å². The molecular weight excluding hydrogens is 370 g/mol. The Kier molecular flexibility index (Phi) is 6.51. The van der Waals surface area contributed by atoms with Crippen molar-refractivity contribution in [2.45, 2.75) is 64.6 Å². The van der Waals surface area contributed by atoms with Gasteiger partial charge in [0.25, 0.3) is 11.5 Å². The van der Waals surface area contributed by atoms with Gasteiger partial charge in [0, 0.05) is 36.6 Å². The van der Waals surface area contributed by atoms with Crippen molar-refractivity contribution in [3.63, 3.8) is 0 Å². The van der Waals surface area contributed by atoms with Crippen molar-refractivity contribution in [3.8, 4) is 0 Å². The molecule has 1 atom stereocenters. The summed E-state index contributed by atoms with van der Waals surface area (Å²) >= 11 is 0. The van der Waals surface area contributed by atoms with Gasteiger partial charge in [0.1, 0.15) is 6.54 Å². The number of carbonyl (C=O) groups is 2. The summed E-state index contributed by atoms with van der Waals surface area (Å²) in [5.74, 6) is -0.502. The molecule has 2 N–H and O–H groups in total. The van der Waals surface area contributed by atoms with E-state index >= 15 is 0 Å². The number of hydrogen-bond donors (Lipinski definition) is 2. The summed E-state index contributed by atoms with van der Waals surface area (Å²) in [4.78, 5) is 37.2. The van der Waals surface area contributed by atoms with E-state index in [0.717, 1.165) is 36.9 Å². The molecule has 1 fully saturated rings. The number of rotatable bonds is 6. The van der Waals surface area contributed by atoms with Gasteiger partial charge in [-0.05, 0) is 32.8 Å². The van der Waals surface area contributed by atoms with Crippen molar-refractivity contribution in [2.75, 3.05) is 0 Å². The van der Waals surface area contributed by atoms with E-state index in [1.807, 2.05) is 20.9 Å². The molecule has 0 saturated heterocycles. The SMILES string of the molecule is Cc1c(C(C)NC(=O)Cn2cc(C(=O)NC3CCCCC3)ccc2=O)cnn1C. The third kappa shape index (κ3) is 5.13. The molecule has 2 heterocycles. The fourth-order valence-corrected chi connectivity index (χ4v) is 3.77. The van der Waals surface area contributed by atoms with E-state index in [4.69, 9.17) is 0 Å². The summed E-state index contributed by atoms with van der Waals surface area (Å²) in [7, 11) is 1.84. The van der Waals surface area contributed by atoms with Gasteiger partial charge in [-0.1, -0.05) is 19.3 Å². The molecule has 0 spiro atoms. The number of amides is 2. The number of nitrogens with one attached hydrogen (secondary N) is 2. The minimum atomic E-state index is -0.320. The van der Waals surface area contributed by atoms with Gasteiger partial charge in [-0.15, -0.1) is 0 Å². The van der Waals surface area contributed by atoms with Crippen LogP contribution in [0.5, 0.6) is 0 Å². The van der Waals surface area contributed by atoms with E-state index in [1.165, 1.54) is 29.3 Å². The maximum Gasteiger partial charge on any atom is 0.252 e. The van der Waals surface area contributed by atoms with Gasteiger partial charge < -0.3 is 15.2 Å². The van der Waals surface area contributed by atoms with Crippen LogP contribution in [0, 0.1) is 6.92 Å². The number of pyridine rings is 1. The second-order valence-electron chi connectivity index (χ2n) is 7.79. The average Bonchev–Trinajstić information content (AvgIpc) is 3.03. The normalized spacial score (nSPS) is 15.7. The van der Waals surface area contributed by atoms with E-state index in [2.05, 4.69) is 15.7 Å². The number of aryl methyl sites for hydroxylation is 1. The molecule has 0 aliphatic heterocycles. The molecule has 8 nitrogen and oxygen atoms in total. The molecule has 0 radical (unpaired) electrons. The molecule has 1 aliphatic rings. The molecular formula is C21H29N5O3. The summed E-state index contributed by atoms with van der Waals surface area (Å²) in [6.07, 6.45) is 8.61. The van der Waals surface area contributed by atoms with Gasteiger partial charge in [-0.25, -0.2) is 0 Å². The Labute approximate surface area is 170 Å². The zero-order chi connectivity index (χ0) is 21.0. The summed E-state index contributed by atoms with van der Waals surface area (Å²) in [5.41, 5.74) is 1.96. The fourth-order valence-electron chi connectivity index (χ4n) is 3.77. The van der Waals surface area contributed by atoms with Crippen LogP contribution in [0.3, 0.4) is 0 Å². The first kappa shape index (κ1) is 20.8. The third-order valence-electron chi connectivity index (χ3n) is 5.62. The van der Waals surface area contributed by atoms with Crippen molar-refractivity contribution in [1.82, 2.24) is 25.0 Å². The van der Waals surface area contributed by atoms with E-state index in [1.54, 1.807) is 10.9 Å². The Balaban J connectivity index is 1.64. The van der Waals surface area contributed by atoms with E-state index < -0.39 is 0 Å². The van der Waals surface area contributed by atoms with Crippen LogP contribution in [-0.2, 0) is 18.4 Å². The standard InChI is InChI=1S/C21H29N5O3/c1-14(18-11-22-25(3)15(18)2)23-19(27)13-26-12-16(9-10-20(26)28)21(29)24-17-7-5-4-6-8-17/h9-12,14,17H,4-8,13H2,1-3H3,(H,23,27)(H,24,29). The minimum absolute atomic E-state index is 0.146. The highest BCUT2D eigenvalue weighted by Gasteiger charge is 2.18. The number of nitrogens with zero attached hydrogens (tertiary/aromatic N) is 3. The molecule has 0 aromatic carbocycles. The molecule has 1 aliphatic carbocycles. The Morgan fingerprint density at radius 1 is 1.24 bits per heavy atom. The Morgan fingerprint density at radius 3 is 2.62 bits per heavy atom. The molecule has 0 bridgehead atoms. The maximum atomic E-state index is 12.5. The monoisotopic (exact) mass is 399 g/mol. The molecule has 1 saturated carbocycles. The first-order valence-corrected chi connectivity index (χ1v) is 10.1. The molecule has 2 amide bonds. The number of aromatic nitrogens is 3. The molecule has 2 aromatic rings. The minimum Gasteiger partial charge on any atom is -0.349 e. The van der Waals surface area contributed by atoms with Gasteiger partial charge in [-0.3, -0.25) is 19.1 Å². The summed E-state index contributed by atoms with van der Waals surface area (Å²) in [6, 6.07) is 2.79. The lowest BCUT2D eigenvalue weighted by Crippen LogP contribution is -2.37. The molecule has 1 unspecified atom stereocenters. The lowest BCUT2D eigenvalue weighted by atomic mass is 9.95. The van der Waals surface area contributed by atoms with Crippen LogP contribution in [0.15, 0.2) is 29.3 Å². The second kappa shape index (κ2) is 9.07. The van der Waals surface area contributed by atoms with E-state index in [-0.39, 0.29) is 36.0 Å². The van der Waals surface area contributed by atoms with Crippen molar-refractivity contribution >= 4 is 11.8 Å². The van der Waals surface area contributed by atoms with Crippen molar-refractivity contribution < 1.29 is 9.59 Å². The van der Waals surface area contributed by atoms with Crippen LogP contribution in [0.2, 0.25) is 0 Å². The second-order valence-corrected chi connectivity index (χ2v) is 7.79. The lowest BCUT2D eigenvalue weighted by molar-refractivity contribution is -0.122. The molecule has 8 heteroatoms. The van der Waals surface area contributed by atoms with E-state index in [0.29, 0.717) is 5.56 Å². The lowest BCUT2D eigenvalue weighted by Gasteiger charge is -2.22. The van der Waals surface area contributed by atoms with Crippen molar-refractivity contribution in [2.24, 2.45) is 7.05 Å². The maximum absolute atomic E-state index is 12.5. The average molecular weight is 399 g/mol. The number of carbonyl (C=O) groups excluding carboxylic acids is 2. The highest BCUT2D eigenvalue weighted by Crippen LogP contribution is 2.18. The fraction of sp³-hybridized carbons (Fsp3) is 0.524. The molecule has 2 aromatic heterocycles. The molecule has 156 valence electrons. The van der Waals surface area contributed by atoms with Gasteiger partial charge in [0.15, 0.2) is 0 Å². The van der Waals surface area contributed by atoms with Crippen LogP contribution in [0.4, 0.5) is 0 Å².